The summed E-state index contributed by atoms with van der Waals surface area (Å²) in [5, 5.41) is 3.54. The van der Waals surface area contributed by atoms with Gasteiger partial charge in [0.25, 0.3) is 0 Å². The van der Waals surface area contributed by atoms with Gasteiger partial charge in [0.1, 0.15) is 0 Å². The number of benzene rings is 1. The van der Waals surface area contributed by atoms with E-state index in [1.54, 1.807) is 0 Å². The molecule has 1 aromatic carbocycles. The third kappa shape index (κ3) is 2.99. The van der Waals surface area contributed by atoms with Crippen LogP contribution < -0.4 is 5.32 Å². The van der Waals surface area contributed by atoms with E-state index in [9.17, 15) is 0 Å². The number of nitrogens with zero attached hydrogens (tertiary/aromatic N) is 2. The number of imidazole rings is 1. The van der Waals surface area contributed by atoms with Crippen molar-refractivity contribution >= 4 is 0 Å². The number of hydrogen-bond acceptors (Lipinski definition) is 2. The minimum absolute atomic E-state index is 0.337. The molecule has 0 fully saturated rings. The van der Waals surface area contributed by atoms with Gasteiger partial charge in [-0.3, -0.25) is 0 Å². The van der Waals surface area contributed by atoms with E-state index in [2.05, 4.69) is 53.8 Å². The lowest BCUT2D eigenvalue weighted by atomic mass is 10.0. The highest BCUT2D eigenvalue weighted by atomic mass is 15.1. The second-order valence-electron chi connectivity index (χ2n) is 4.71. The molecule has 0 aliphatic heterocycles. The predicted octanol–water partition coefficient (Wildman–Crippen LogP) is 2.85. The Morgan fingerprint density at radius 3 is 2.72 bits per heavy atom. The zero-order valence-corrected chi connectivity index (χ0v) is 11.4. The SMILES string of the molecule is CCNC(Cn1ccnc1)c1ccc(C)c(C)c1. The highest BCUT2D eigenvalue weighted by molar-refractivity contribution is 5.31. The van der Waals surface area contributed by atoms with Crippen molar-refractivity contribution in [3.05, 3.63) is 53.6 Å². The molecule has 0 spiro atoms. The molecule has 0 saturated carbocycles. The highest BCUT2D eigenvalue weighted by Crippen LogP contribution is 2.18. The van der Waals surface area contributed by atoms with Crippen LogP contribution in [-0.2, 0) is 6.54 Å². The van der Waals surface area contributed by atoms with Gasteiger partial charge in [-0.25, -0.2) is 4.98 Å². The van der Waals surface area contributed by atoms with Crippen LogP contribution in [0.3, 0.4) is 0 Å². The zero-order valence-electron chi connectivity index (χ0n) is 11.4. The van der Waals surface area contributed by atoms with Crippen molar-refractivity contribution in [2.45, 2.75) is 33.4 Å². The van der Waals surface area contributed by atoms with Gasteiger partial charge < -0.3 is 9.88 Å². The number of aromatic nitrogens is 2. The van der Waals surface area contributed by atoms with E-state index in [1.165, 1.54) is 16.7 Å². The minimum Gasteiger partial charge on any atom is -0.336 e. The van der Waals surface area contributed by atoms with Gasteiger partial charge in [0.05, 0.1) is 12.4 Å². The van der Waals surface area contributed by atoms with Crippen molar-refractivity contribution in [2.24, 2.45) is 0 Å². The monoisotopic (exact) mass is 243 g/mol. The quantitative estimate of drug-likeness (QED) is 0.875. The molecule has 0 aliphatic carbocycles. The van der Waals surface area contributed by atoms with Crippen LogP contribution >= 0.6 is 0 Å². The van der Waals surface area contributed by atoms with Crippen LogP contribution in [-0.4, -0.2) is 16.1 Å². The molecule has 1 atom stereocenters. The Morgan fingerprint density at radius 1 is 1.28 bits per heavy atom. The van der Waals surface area contributed by atoms with Gasteiger partial charge in [0.2, 0.25) is 0 Å². The topological polar surface area (TPSA) is 29.9 Å². The molecule has 2 rings (SSSR count). The molecule has 18 heavy (non-hydrogen) atoms. The molecule has 2 aromatic rings. The molecule has 0 saturated heterocycles. The minimum atomic E-state index is 0.337. The Labute approximate surface area is 109 Å². The summed E-state index contributed by atoms with van der Waals surface area (Å²) in [5.74, 6) is 0. The maximum absolute atomic E-state index is 4.10. The summed E-state index contributed by atoms with van der Waals surface area (Å²) < 4.78 is 2.11. The largest absolute Gasteiger partial charge is 0.336 e. The summed E-state index contributed by atoms with van der Waals surface area (Å²) in [6.07, 6.45) is 5.69. The first-order valence-electron chi connectivity index (χ1n) is 6.47. The predicted molar refractivity (Wildman–Crippen MR) is 74.6 cm³/mol. The van der Waals surface area contributed by atoms with Crippen LogP contribution in [0.15, 0.2) is 36.9 Å². The maximum Gasteiger partial charge on any atom is 0.0946 e. The van der Waals surface area contributed by atoms with E-state index in [-0.39, 0.29) is 0 Å². The van der Waals surface area contributed by atoms with Gasteiger partial charge in [0, 0.05) is 18.9 Å². The Bertz CT molecular complexity index is 488. The Balaban J connectivity index is 2.20. The second kappa shape index (κ2) is 5.83. The lowest BCUT2D eigenvalue weighted by Gasteiger charge is -2.20. The first kappa shape index (κ1) is 12.8. The molecule has 1 unspecified atom stereocenters. The summed E-state index contributed by atoms with van der Waals surface area (Å²) in [7, 11) is 0. The van der Waals surface area contributed by atoms with Gasteiger partial charge >= 0.3 is 0 Å². The van der Waals surface area contributed by atoms with Crippen molar-refractivity contribution in [1.82, 2.24) is 14.9 Å². The smallest absolute Gasteiger partial charge is 0.0946 e. The molecule has 1 N–H and O–H groups in total. The lowest BCUT2D eigenvalue weighted by Crippen LogP contribution is -2.25. The average molecular weight is 243 g/mol. The molecule has 0 amide bonds. The van der Waals surface area contributed by atoms with E-state index < -0.39 is 0 Å². The third-order valence-electron chi connectivity index (χ3n) is 3.34. The zero-order chi connectivity index (χ0) is 13.0. The van der Waals surface area contributed by atoms with E-state index in [4.69, 9.17) is 0 Å². The van der Waals surface area contributed by atoms with Crippen LogP contribution in [0.4, 0.5) is 0 Å². The maximum atomic E-state index is 4.10. The number of likely N-dealkylation sites (N-methyl/N-ethyl adjacent to an activating group) is 1. The van der Waals surface area contributed by atoms with E-state index in [1.807, 2.05) is 18.7 Å². The number of aryl methyl sites for hydroxylation is 2. The normalized spacial score (nSPS) is 12.6. The van der Waals surface area contributed by atoms with Gasteiger partial charge in [-0.05, 0) is 37.1 Å². The molecule has 3 heteroatoms. The van der Waals surface area contributed by atoms with Crippen LogP contribution in [0.25, 0.3) is 0 Å². The summed E-state index contributed by atoms with van der Waals surface area (Å²) >= 11 is 0. The number of nitrogens with one attached hydrogen (secondary N) is 1. The molecule has 0 aliphatic rings. The van der Waals surface area contributed by atoms with Gasteiger partial charge in [-0.15, -0.1) is 0 Å². The Morgan fingerprint density at radius 2 is 2.11 bits per heavy atom. The van der Waals surface area contributed by atoms with Crippen LogP contribution in [0.2, 0.25) is 0 Å². The summed E-state index contributed by atoms with van der Waals surface area (Å²) in [4.78, 5) is 4.10. The van der Waals surface area contributed by atoms with Gasteiger partial charge in [-0.1, -0.05) is 25.1 Å². The standard InChI is InChI=1S/C15H21N3/c1-4-17-15(10-18-8-7-16-11-18)14-6-5-12(2)13(3)9-14/h5-9,11,15,17H,4,10H2,1-3H3. The highest BCUT2D eigenvalue weighted by Gasteiger charge is 2.11. The van der Waals surface area contributed by atoms with Crippen LogP contribution in [0, 0.1) is 13.8 Å². The second-order valence-corrected chi connectivity index (χ2v) is 4.71. The van der Waals surface area contributed by atoms with E-state index in [0.29, 0.717) is 6.04 Å². The lowest BCUT2D eigenvalue weighted by molar-refractivity contribution is 0.474. The molecule has 96 valence electrons. The first-order chi connectivity index (χ1) is 8.70. The van der Waals surface area contributed by atoms with Crippen molar-refractivity contribution in [3.63, 3.8) is 0 Å². The van der Waals surface area contributed by atoms with Crippen molar-refractivity contribution < 1.29 is 0 Å². The molecular formula is C15H21N3. The number of rotatable bonds is 5. The molecule has 3 nitrogen and oxygen atoms in total. The molecule has 0 radical (unpaired) electrons. The van der Waals surface area contributed by atoms with Gasteiger partial charge in [0.15, 0.2) is 0 Å². The van der Waals surface area contributed by atoms with E-state index in [0.717, 1.165) is 13.1 Å². The molecule has 0 bridgehead atoms. The fourth-order valence-electron chi connectivity index (χ4n) is 2.12. The van der Waals surface area contributed by atoms with Crippen LogP contribution in [0.5, 0.6) is 0 Å². The fraction of sp³-hybridized carbons (Fsp3) is 0.400. The third-order valence-corrected chi connectivity index (χ3v) is 3.34. The molecular weight excluding hydrogens is 222 g/mol. The first-order valence-corrected chi connectivity index (χ1v) is 6.47. The van der Waals surface area contributed by atoms with Crippen molar-refractivity contribution in [1.29, 1.82) is 0 Å². The summed E-state index contributed by atoms with van der Waals surface area (Å²) in [6, 6.07) is 7.03. The average Bonchev–Trinajstić information content (AvgIpc) is 2.85. The fourth-order valence-corrected chi connectivity index (χ4v) is 2.12. The molecule has 1 heterocycles. The van der Waals surface area contributed by atoms with Crippen LogP contribution in [0.1, 0.15) is 29.7 Å². The summed E-state index contributed by atoms with van der Waals surface area (Å²) in [6.45, 7) is 8.33. The van der Waals surface area contributed by atoms with Crippen molar-refractivity contribution in [2.75, 3.05) is 6.54 Å². The number of hydrogen-bond donors (Lipinski definition) is 1. The van der Waals surface area contributed by atoms with E-state index >= 15 is 0 Å². The molecule has 1 aromatic heterocycles. The van der Waals surface area contributed by atoms with Gasteiger partial charge in [-0.2, -0.15) is 0 Å². The summed E-state index contributed by atoms with van der Waals surface area (Å²) in [5.41, 5.74) is 4.03. The Kier molecular flexibility index (Phi) is 4.15. The van der Waals surface area contributed by atoms with Crippen molar-refractivity contribution in [3.8, 4) is 0 Å². The Hall–Kier alpha value is -1.61.